The summed E-state index contributed by atoms with van der Waals surface area (Å²) in [6.07, 6.45) is 3.16. The molecule has 0 aromatic heterocycles. The van der Waals surface area contributed by atoms with E-state index in [4.69, 9.17) is 0 Å². The second-order valence-electron chi connectivity index (χ2n) is 2.99. The quantitative estimate of drug-likeness (QED) is 0.440. The van der Waals surface area contributed by atoms with E-state index in [2.05, 4.69) is 37.6 Å². The fourth-order valence-electron chi connectivity index (χ4n) is 0.812. The van der Waals surface area contributed by atoms with Gasteiger partial charge in [0.2, 0.25) is 0 Å². The molecule has 66 valence electrons. The molecule has 0 saturated carbocycles. The van der Waals surface area contributed by atoms with Gasteiger partial charge in [0.05, 0.1) is 6.34 Å². The third-order valence-electron chi connectivity index (χ3n) is 1.45. The molecule has 0 unspecified atom stereocenters. The Morgan fingerprint density at radius 3 is 2.36 bits per heavy atom. The lowest BCUT2D eigenvalue weighted by Crippen LogP contribution is -2.22. The molecule has 2 heteroatoms. The fourth-order valence-corrected chi connectivity index (χ4v) is 0.812. The molecule has 0 aliphatic rings. The first-order valence-electron chi connectivity index (χ1n) is 4.48. The first kappa shape index (κ1) is 10.5. The highest BCUT2D eigenvalue weighted by Gasteiger charge is 1.93. The van der Waals surface area contributed by atoms with Gasteiger partial charge in [-0.15, -0.1) is 0 Å². The summed E-state index contributed by atoms with van der Waals surface area (Å²) in [5, 5.41) is 0. The van der Waals surface area contributed by atoms with Gasteiger partial charge in [-0.25, -0.2) is 0 Å². The van der Waals surface area contributed by atoms with Crippen LogP contribution in [0.5, 0.6) is 0 Å². The summed E-state index contributed by atoms with van der Waals surface area (Å²) < 4.78 is 0. The zero-order chi connectivity index (χ0) is 8.69. The predicted octanol–water partition coefficient (Wildman–Crippen LogP) is 2.16. The van der Waals surface area contributed by atoms with Crippen molar-refractivity contribution in [2.24, 2.45) is 4.99 Å². The zero-order valence-corrected chi connectivity index (χ0v) is 8.17. The van der Waals surface area contributed by atoms with Gasteiger partial charge in [-0.05, 0) is 27.2 Å². The van der Waals surface area contributed by atoms with Crippen LogP contribution in [0.1, 0.15) is 34.1 Å². The summed E-state index contributed by atoms with van der Waals surface area (Å²) in [5.74, 6) is 0. The molecule has 2 nitrogen and oxygen atoms in total. The third-order valence-corrected chi connectivity index (χ3v) is 1.45. The van der Waals surface area contributed by atoms with E-state index in [1.807, 2.05) is 6.34 Å². The topological polar surface area (TPSA) is 15.6 Å². The van der Waals surface area contributed by atoms with Crippen LogP contribution in [0.3, 0.4) is 0 Å². The molecule has 0 aromatic rings. The van der Waals surface area contributed by atoms with Crippen molar-refractivity contribution in [1.82, 2.24) is 4.90 Å². The van der Waals surface area contributed by atoms with Crippen molar-refractivity contribution in [3.05, 3.63) is 0 Å². The molecular formula is C9H20N2. The highest BCUT2D eigenvalue weighted by Crippen LogP contribution is 1.89. The van der Waals surface area contributed by atoms with Gasteiger partial charge in [0.25, 0.3) is 0 Å². The minimum absolute atomic E-state index is 0.418. The van der Waals surface area contributed by atoms with Gasteiger partial charge >= 0.3 is 0 Å². The van der Waals surface area contributed by atoms with Crippen LogP contribution < -0.4 is 0 Å². The molecule has 0 fully saturated rings. The fraction of sp³-hybridized carbons (Fsp3) is 0.889. The Bertz CT molecular complexity index is 108. The lowest BCUT2D eigenvalue weighted by molar-refractivity contribution is 0.449. The summed E-state index contributed by atoms with van der Waals surface area (Å²) in [4.78, 5) is 6.55. The van der Waals surface area contributed by atoms with E-state index in [-0.39, 0.29) is 0 Å². The molecule has 0 N–H and O–H groups in total. The molecule has 0 atom stereocenters. The second-order valence-corrected chi connectivity index (χ2v) is 2.99. The minimum Gasteiger partial charge on any atom is -0.363 e. The Labute approximate surface area is 70.3 Å². The van der Waals surface area contributed by atoms with Crippen LogP contribution in [0.15, 0.2) is 4.99 Å². The lowest BCUT2D eigenvalue weighted by atomic mass is 10.4. The maximum Gasteiger partial charge on any atom is 0.0852 e. The maximum atomic E-state index is 4.32. The number of rotatable bonds is 5. The molecule has 0 spiro atoms. The SMILES string of the molecule is CCCN(C=NC(C)C)CC. The van der Waals surface area contributed by atoms with Gasteiger partial charge in [-0.2, -0.15) is 0 Å². The van der Waals surface area contributed by atoms with E-state index in [1.165, 1.54) is 6.42 Å². The third kappa shape index (κ3) is 5.89. The average molecular weight is 156 g/mol. The van der Waals surface area contributed by atoms with Crippen LogP contribution >= 0.6 is 0 Å². The van der Waals surface area contributed by atoms with Gasteiger partial charge in [0.15, 0.2) is 0 Å². The summed E-state index contributed by atoms with van der Waals surface area (Å²) >= 11 is 0. The van der Waals surface area contributed by atoms with E-state index < -0.39 is 0 Å². The molecule has 0 heterocycles. The van der Waals surface area contributed by atoms with Crippen molar-refractivity contribution in [3.8, 4) is 0 Å². The Morgan fingerprint density at radius 2 is 2.00 bits per heavy atom. The van der Waals surface area contributed by atoms with Gasteiger partial charge in [-0.1, -0.05) is 6.92 Å². The van der Waals surface area contributed by atoms with Crippen LogP contribution in [0.25, 0.3) is 0 Å². The Hall–Kier alpha value is -0.530. The van der Waals surface area contributed by atoms with E-state index in [9.17, 15) is 0 Å². The molecule has 0 saturated heterocycles. The van der Waals surface area contributed by atoms with Crippen molar-refractivity contribution < 1.29 is 0 Å². The Balaban J connectivity index is 3.66. The number of hydrogen-bond acceptors (Lipinski definition) is 1. The first-order chi connectivity index (χ1) is 5.20. The molecule has 0 radical (unpaired) electrons. The number of aliphatic imine (C=N–C) groups is 1. The van der Waals surface area contributed by atoms with Gasteiger partial charge in [0, 0.05) is 19.1 Å². The Morgan fingerprint density at radius 1 is 1.36 bits per heavy atom. The second kappa shape index (κ2) is 6.20. The van der Waals surface area contributed by atoms with Crippen molar-refractivity contribution in [2.45, 2.75) is 40.2 Å². The summed E-state index contributed by atoms with van der Waals surface area (Å²) in [5.41, 5.74) is 0. The molecular weight excluding hydrogens is 136 g/mol. The van der Waals surface area contributed by atoms with Crippen molar-refractivity contribution in [3.63, 3.8) is 0 Å². The summed E-state index contributed by atoms with van der Waals surface area (Å²) in [6.45, 7) is 10.7. The highest BCUT2D eigenvalue weighted by atomic mass is 15.1. The van der Waals surface area contributed by atoms with Gasteiger partial charge in [-0.3, -0.25) is 4.99 Å². The number of nitrogens with zero attached hydrogens (tertiary/aromatic N) is 2. The smallest absolute Gasteiger partial charge is 0.0852 e. The van der Waals surface area contributed by atoms with Crippen LogP contribution in [0.2, 0.25) is 0 Å². The van der Waals surface area contributed by atoms with E-state index in [0.717, 1.165) is 13.1 Å². The van der Waals surface area contributed by atoms with Crippen LogP contribution in [-0.4, -0.2) is 30.4 Å². The van der Waals surface area contributed by atoms with E-state index in [1.54, 1.807) is 0 Å². The normalized spacial score (nSPS) is 11.4. The van der Waals surface area contributed by atoms with Crippen molar-refractivity contribution >= 4 is 6.34 Å². The lowest BCUT2D eigenvalue weighted by Gasteiger charge is -2.15. The predicted molar refractivity (Wildman–Crippen MR) is 51.2 cm³/mol. The van der Waals surface area contributed by atoms with Gasteiger partial charge in [0.1, 0.15) is 0 Å². The zero-order valence-electron chi connectivity index (χ0n) is 8.17. The molecule has 0 amide bonds. The molecule has 0 rings (SSSR count). The monoisotopic (exact) mass is 156 g/mol. The van der Waals surface area contributed by atoms with E-state index >= 15 is 0 Å². The number of hydrogen-bond donors (Lipinski definition) is 0. The van der Waals surface area contributed by atoms with Gasteiger partial charge < -0.3 is 4.90 Å². The standard InChI is InChI=1S/C9H20N2/c1-5-7-11(6-2)8-10-9(3)4/h8-9H,5-7H2,1-4H3. The van der Waals surface area contributed by atoms with Crippen LogP contribution in [0, 0.1) is 0 Å². The maximum absolute atomic E-state index is 4.32. The first-order valence-corrected chi connectivity index (χ1v) is 4.48. The largest absolute Gasteiger partial charge is 0.363 e. The van der Waals surface area contributed by atoms with Crippen molar-refractivity contribution in [2.75, 3.05) is 13.1 Å². The van der Waals surface area contributed by atoms with E-state index in [0.29, 0.717) is 6.04 Å². The van der Waals surface area contributed by atoms with Crippen LogP contribution in [-0.2, 0) is 0 Å². The van der Waals surface area contributed by atoms with Crippen LogP contribution in [0.4, 0.5) is 0 Å². The molecule has 0 aliphatic carbocycles. The minimum atomic E-state index is 0.418. The molecule has 0 bridgehead atoms. The molecule has 0 aliphatic heterocycles. The average Bonchev–Trinajstić information content (AvgIpc) is 1.97. The van der Waals surface area contributed by atoms with Crippen molar-refractivity contribution in [1.29, 1.82) is 0 Å². The summed E-state index contributed by atoms with van der Waals surface area (Å²) in [6, 6.07) is 0.418. The Kier molecular flexibility index (Phi) is 5.90. The summed E-state index contributed by atoms with van der Waals surface area (Å²) in [7, 11) is 0. The molecule has 11 heavy (non-hydrogen) atoms. The molecule has 0 aromatic carbocycles. The highest BCUT2D eigenvalue weighted by molar-refractivity contribution is 5.54.